The average Bonchev–Trinajstić information content (AvgIpc) is 2.25. The minimum atomic E-state index is -0.173. The molecule has 3 heteroatoms. The standard InChI is InChI=1S/C9H13NO2/c1-3-4-5-7-6(2)8(11)10-9(7)12/h3-4,6-7H,5H2,1-2H3,(H,10,11,12). The van der Waals surface area contributed by atoms with E-state index >= 15 is 0 Å². The summed E-state index contributed by atoms with van der Waals surface area (Å²) < 4.78 is 0. The van der Waals surface area contributed by atoms with E-state index in [1.807, 2.05) is 19.1 Å². The lowest BCUT2D eigenvalue weighted by molar-refractivity contribution is -0.126. The van der Waals surface area contributed by atoms with Crippen LogP contribution in [0.1, 0.15) is 20.3 Å². The van der Waals surface area contributed by atoms with Gasteiger partial charge in [-0.05, 0) is 13.3 Å². The second-order valence-electron chi connectivity index (χ2n) is 3.05. The van der Waals surface area contributed by atoms with Crippen LogP contribution in [0.25, 0.3) is 0 Å². The van der Waals surface area contributed by atoms with Gasteiger partial charge in [0.15, 0.2) is 0 Å². The Morgan fingerprint density at radius 2 is 2.08 bits per heavy atom. The molecule has 0 saturated carbocycles. The van der Waals surface area contributed by atoms with Gasteiger partial charge >= 0.3 is 0 Å². The maximum Gasteiger partial charge on any atom is 0.230 e. The fourth-order valence-corrected chi connectivity index (χ4v) is 1.33. The van der Waals surface area contributed by atoms with Crippen molar-refractivity contribution in [1.29, 1.82) is 0 Å². The predicted octanol–water partition coefficient (Wildman–Crippen LogP) is 0.861. The molecule has 0 aromatic carbocycles. The van der Waals surface area contributed by atoms with Crippen LogP contribution in [-0.2, 0) is 9.59 Å². The van der Waals surface area contributed by atoms with Crippen LogP contribution in [0.2, 0.25) is 0 Å². The Labute approximate surface area is 71.8 Å². The Morgan fingerprint density at radius 3 is 2.50 bits per heavy atom. The molecule has 3 nitrogen and oxygen atoms in total. The molecule has 66 valence electrons. The van der Waals surface area contributed by atoms with Crippen molar-refractivity contribution in [2.75, 3.05) is 0 Å². The Balaban J connectivity index is 2.63. The van der Waals surface area contributed by atoms with Crippen LogP contribution in [0.4, 0.5) is 0 Å². The molecule has 1 rings (SSSR count). The molecule has 1 N–H and O–H groups in total. The lowest BCUT2D eigenvalue weighted by atomic mass is 9.93. The van der Waals surface area contributed by atoms with Gasteiger partial charge in [0.2, 0.25) is 11.8 Å². The minimum Gasteiger partial charge on any atom is -0.296 e. The minimum absolute atomic E-state index is 0.134. The van der Waals surface area contributed by atoms with Gasteiger partial charge in [-0.3, -0.25) is 14.9 Å². The van der Waals surface area contributed by atoms with Crippen molar-refractivity contribution in [1.82, 2.24) is 5.32 Å². The summed E-state index contributed by atoms with van der Waals surface area (Å²) in [5.41, 5.74) is 0. The van der Waals surface area contributed by atoms with Gasteiger partial charge in [-0.2, -0.15) is 0 Å². The highest BCUT2D eigenvalue weighted by atomic mass is 16.2. The topological polar surface area (TPSA) is 46.2 Å². The van der Waals surface area contributed by atoms with Crippen molar-refractivity contribution < 1.29 is 9.59 Å². The van der Waals surface area contributed by atoms with Gasteiger partial charge < -0.3 is 0 Å². The van der Waals surface area contributed by atoms with E-state index in [9.17, 15) is 9.59 Å². The molecule has 2 atom stereocenters. The average molecular weight is 167 g/mol. The van der Waals surface area contributed by atoms with Crippen LogP contribution < -0.4 is 5.32 Å². The summed E-state index contributed by atoms with van der Waals surface area (Å²) in [6.45, 7) is 3.69. The van der Waals surface area contributed by atoms with E-state index in [1.165, 1.54) is 0 Å². The predicted molar refractivity (Wildman–Crippen MR) is 45.2 cm³/mol. The first-order valence-electron chi connectivity index (χ1n) is 4.12. The third-order valence-electron chi connectivity index (χ3n) is 2.23. The highest BCUT2D eigenvalue weighted by Crippen LogP contribution is 2.22. The second kappa shape index (κ2) is 3.52. The molecule has 0 aliphatic carbocycles. The number of hydrogen-bond donors (Lipinski definition) is 1. The first-order chi connectivity index (χ1) is 5.66. The van der Waals surface area contributed by atoms with Crippen molar-refractivity contribution in [2.45, 2.75) is 20.3 Å². The lowest BCUT2D eigenvalue weighted by Crippen LogP contribution is -2.22. The maximum atomic E-state index is 11.1. The third-order valence-corrected chi connectivity index (χ3v) is 2.23. The third kappa shape index (κ3) is 1.55. The van der Waals surface area contributed by atoms with E-state index in [-0.39, 0.29) is 23.7 Å². The summed E-state index contributed by atoms with van der Waals surface area (Å²) in [4.78, 5) is 22.1. The van der Waals surface area contributed by atoms with E-state index in [4.69, 9.17) is 0 Å². The molecule has 0 aromatic heterocycles. The maximum absolute atomic E-state index is 11.1. The van der Waals surface area contributed by atoms with Gasteiger partial charge in [-0.1, -0.05) is 19.1 Å². The number of imide groups is 1. The summed E-state index contributed by atoms with van der Waals surface area (Å²) in [7, 11) is 0. The van der Waals surface area contributed by atoms with Crippen LogP contribution in [0.3, 0.4) is 0 Å². The summed E-state index contributed by atoms with van der Waals surface area (Å²) in [6, 6.07) is 0. The largest absolute Gasteiger partial charge is 0.296 e. The van der Waals surface area contributed by atoms with Gasteiger partial charge in [0, 0.05) is 5.92 Å². The molecule has 1 heterocycles. The smallest absolute Gasteiger partial charge is 0.230 e. The molecular formula is C9H13NO2. The van der Waals surface area contributed by atoms with Crippen LogP contribution in [0.5, 0.6) is 0 Å². The zero-order chi connectivity index (χ0) is 9.14. The quantitative estimate of drug-likeness (QED) is 0.489. The van der Waals surface area contributed by atoms with Crippen LogP contribution >= 0.6 is 0 Å². The Morgan fingerprint density at radius 1 is 1.42 bits per heavy atom. The number of amides is 2. The number of carbonyl (C=O) groups is 2. The number of allylic oxidation sites excluding steroid dienone is 2. The highest BCUT2D eigenvalue weighted by Gasteiger charge is 2.37. The van der Waals surface area contributed by atoms with Crippen molar-refractivity contribution in [3.05, 3.63) is 12.2 Å². The first-order valence-corrected chi connectivity index (χ1v) is 4.12. The number of hydrogen-bond acceptors (Lipinski definition) is 2. The van der Waals surface area contributed by atoms with E-state index in [1.54, 1.807) is 6.92 Å². The SMILES string of the molecule is CC=CCC1C(=O)NC(=O)C1C. The normalized spacial score (nSPS) is 29.8. The molecule has 12 heavy (non-hydrogen) atoms. The fourth-order valence-electron chi connectivity index (χ4n) is 1.33. The van der Waals surface area contributed by atoms with Crippen molar-refractivity contribution in [3.8, 4) is 0 Å². The molecule has 1 fully saturated rings. The van der Waals surface area contributed by atoms with E-state index in [2.05, 4.69) is 5.32 Å². The number of rotatable bonds is 2. The van der Waals surface area contributed by atoms with Crippen molar-refractivity contribution >= 4 is 11.8 Å². The molecule has 1 saturated heterocycles. The summed E-state index contributed by atoms with van der Waals surface area (Å²) in [6.07, 6.45) is 4.47. The second-order valence-corrected chi connectivity index (χ2v) is 3.05. The van der Waals surface area contributed by atoms with E-state index < -0.39 is 0 Å². The first kappa shape index (κ1) is 8.97. The van der Waals surface area contributed by atoms with E-state index in [0.29, 0.717) is 6.42 Å². The Kier molecular flexibility index (Phi) is 2.63. The van der Waals surface area contributed by atoms with E-state index in [0.717, 1.165) is 0 Å². The summed E-state index contributed by atoms with van der Waals surface area (Å²) in [5.74, 6) is -0.609. The zero-order valence-electron chi connectivity index (χ0n) is 7.33. The molecule has 1 aliphatic rings. The van der Waals surface area contributed by atoms with Crippen molar-refractivity contribution in [3.63, 3.8) is 0 Å². The molecule has 1 aliphatic heterocycles. The Bertz CT molecular complexity index is 233. The number of carbonyl (C=O) groups excluding carboxylic acids is 2. The lowest BCUT2D eigenvalue weighted by Gasteiger charge is -2.06. The zero-order valence-corrected chi connectivity index (χ0v) is 7.33. The monoisotopic (exact) mass is 167 g/mol. The summed E-state index contributed by atoms with van der Waals surface area (Å²) >= 11 is 0. The molecule has 0 radical (unpaired) electrons. The molecular weight excluding hydrogens is 154 g/mol. The van der Waals surface area contributed by atoms with Gasteiger partial charge in [-0.25, -0.2) is 0 Å². The Hall–Kier alpha value is -1.12. The molecule has 2 unspecified atom stereocenters. The van der Waals surface area contributed by atoms with Crippen LogP contribution in [0, 0.1) is 11.8 Å². The van der Waals surface area contributed by atoms with Crippen LogP contribution in [0.15, 0.2) is 12.2 Å². The molecule has 0 spiro atoms. The fraction of sp³-hybridized carbons (Fsp3) is 0.556. The van der Waals surface area contributed by atoms with Crippen LogP contribution in [-0.4, -0.2) is 11.8 Å². The summed E-state index contributed by atoms with van der Waals surface area (Å²) in [5, 5.41) is 2.31. The highest BCUT2D eigenvalue weighted by molar-refractivity contribution is 6.04. The number of nitrogens with one attached hydrogen (secondary N) is 1. The van der Waals surface area contributed by atoms with Gasteiger partial charge in [0.25, 0.3) is 0 Å². The van der Waals surface area contributed by atoms with Gasteiger partial charge in [0.1, 0.15) is 0 Å². The van der Waals surface area contributed by atoms with Gasteiger partial charge in [-0.15, -0.1) is 0 Å². The van der Waals surface area contributed by atoms with Gasteiger partial charge in [0.05, 0.1) is 5.92 Å². The molecule has 2 amide bonds. The van der Waals surface area contributed by atoms with Crippen molar-refractivity contribution in [2.24, 2.45) is 11.8 Å². The molecule has 0 bridgehead atoms. The molecule has 0 aromatic rings.